The van der Waals surface area contributed by atoms with Crippen LogP contribution in [-0.2, 0) is 4.79 Å². The van der Waals surface area contributed by atoms with Crippen LogP contribution in [0.1, 0.15) is 42.1 Å². The summed E-state index contributed by atoms with van der Waals surface area (Å²) in [6, 6.07) is 1.57. The van der Waals surface area contributed by atoms with Crippen LogP contribution >= 0.6 is 0 Å². The van der Waals surface area contributed by atoms with Gasteiger partial charge in [0.05, 0.1) is 11.6 Å². The second-order valence-electron chi connectivity index (χ2n) is 6.20. The maximum Gasteiger partial charge on any atom is 0.255 e. The number of carbonyl (C=O) groups is 2. The zero-order valence-electron chi connectivity index (χ0n) is 14.7. The average molecular weight is 321 g/mol. The summed E-state index contributed by atoms with van der Waals surface area (Å²) in [5, 5.41) is 3.03. The van der Waals surface area contributed by atoms with Crippen molar-refractivity contribution >= 4 is 11.8 Å². The van der Waals surface area contributed by atoms with Crippen LogP contribution in [0.4, 0.5) is 0 Å². The Morgan fingerprint density at radius 2 is 2.00 bits per heavy atom. The third-order valence-electron chi connectivity index (χ3n) is 4.53. The van der Waals surface area contributed by atoms with Gasteiger partial charge in [0.1, 0.15) is 11.5 Å². The van der Waals surface area contributed by atoms with Gasteiger partial charge < -0.3 is 14.6 Å². The topological polar surface area (TPSA) is 65.8 Å². The molecular weight excluding hydrogens is 294 g/mol. The summed E-state index contributed by atoms with van der Waals surface area (Å²) in [6.45, 7) is 9.69. The van der Waals surface area contributed by atoms with Gasteiger partial charge in [0.25, 0.3) is 5.91 Å². The smallest absolute Gasteiger partial charge is 0.255 e. The fraction of sp³-hybridized carbons (Fsp3) is 0.647. The molecule has 2 atom stereocenters. The summed E-state index contributed by atoms with van der Waals surface area (Å²) in [5.74, 6) is 1.37. The Balaban J connectivity index is 2.00. The van der Waals surface area contributed by atoms with Gasteiger partial charge in [-0.2, -0.15) is 0 Å². The van der Waals surface area contributed by atoms with E-state index in [1.54, 1.807) is 13.0 Å². The van der Waals surface area contributed by atoms with E-state index >= 15 is 0 Å². The van der Waals surface area contributed by atoms with E-state index in [4.69, 9.17) is 4.42 Å². The minimum Gasteiger partial charge on any atom is -0.466 e. The van der Waals surface area contributed by atoms with Crippen molar-refractivity contribution in [2.24, 2.45) is 0 Å². The van der Waals surface area contributed by atoms with Crippen LogP contribution in [0, 0.1) is 13.8 Å². The summed E-state index contributed by atoms with van der Waals surface area (Å²) < 4.78 is 5.41. The van der Waals surface area contributed by atoms with Gasteiger partial charge in [-0.1, -0.05) is 0 Å². The van der Waals surface area contributed by atoms with Crippen molar-refractivity contribution in [2.45, 2.75) is 46.2 Å². The Hall–Kier alpha value is -1.82. The van der Waals surface area contributed by atoms with Crippen LogP contribution in [-0.4, -0.2) is 60.4 Å². The Labute approximate surface area is 137 Å². The number of amides is 2. The number of likely N-dealkylation sites (N-methyl/N-ethyl adjacent to an activating group) is 2. The van der Waals surface area contributed by atoms with Crippen LogP contribution < -0.4 is 5.32 Å². The van der Waals surface area contributed by atoms with Crippen LogP contribution in [0.25, 0.3) is 0 Å². The SMILES string of the molecule is CCN(CC)C(=O)C1CC(NC(=O)c2cc(C)oc2C)CN1C. The van der Waals surface area contributed by atoms with E-state index < -0.39 is 0 Å². The van der Waals surface area contributed by atoms with E-state index in [-0.39, 0.29) is 23.9 Å². The molecule has 0 saturated carbocycles. The molecule has 0 aromatic carbocycles. The van der Waals surface area contributed by atoms with E-state index in [2.05, 4.69) is 5.32 Å². The quantitative estimate of drug-likeness (QED) is 0.894. The first kappa shape index (κ1) is 17.5. The lowest BCUT2D eigenvalue weighted by Crippen LogP contribution is -2.44. The number of carbonyl (C=O) groups excluding carboxylic acids is 2. The fourth-order valence-electron chi connectivity index (χ4n) is 3.26. The molecule has 0 spiro atoms. The molecule has 2 heterocycles. The zero-order valence-corrected chi connectivity index (χ0v) is 14.7. The lowest BCUT2D eigenvalue weighted by atomic mass is 10.1. The highest BCUT2D eigenvalue weighted by Crippen LogP contribution is 2.20. The van der Waals surface area contributed by atoms with Crippen molar-refractivity contribution in [2.75, 3.05) is 26.7 Å². The first-order valence-electron chi connectivity index (χ1n) is 8.24. The van der Waals surface area contributed by atoms with Crippen molar-refractivity contribution in [1.29, 1.82) is 0 Å². The molecule has 1 aromatic rings. The largest absolute Gasteiger partial charge is 0.466 e. The van der Waals surface area contributed by atoms with Crippen LogP contribution in [0.3, 0.4) is 0 Å². The summed E-state index contributed by atoms with van der Waals surface area (Å²) in [5.41, 5.74) is 0.573. The van der Waals surface area contributed by atoms with Crippen molar-refractivity contribution in [1.82, 2.24) is 15.1 Å². The van der Waals surface area contributed by atoms with Gasteiger partial charge in [-0.15, -0.1) is 0 Å². The van der Waals surface area contributed by atoms with Gasteiger partial charge in [-0.05, 0) is 47.2 Å². The Morgan fingerprint density at radius 3 is 2.52 bits per heavy atom. The molecule has 2 rings (SSSR count). The molecule has 128 valence electrons. The molecule has 1 aromatic heterocycles. The molecular formula is C17H27N3O3. The fourth-order valence-corrected chi connectivity index (χ4v) is 3.26. The Kier molecular flexibility index (Phi) is 5.46. The Bertz CT molecular complexity index is 578. The maximum atomic E-state index is 12.5. The van der Waals surface area contributed by atoms with Crippen molar-refractivity contribution in [3.8, 4) is 0 Å². The number of aryl methyl sites for hydroxylation is 2. The van der Waals surface area contributed by atoms with Crippen LogP contribution in [0.5, 0.6) is 0 Å². The number of rotatable bonds is 5. The van der Waals surface area contributed by atoms with Gasteiger partial charge in [-0.3, -0.25) is 14.5 Å². The summed E-state index contributed by atoms with van der Waals surface area (Å²) in [6.07, 6.45) is 0.646. The minimum absolute atomic E-state index is 0.0216. The predicted molar refractivity (Wildman–Crippen MR) is 88.4 cm³/mol. The normalized spacial score (nSPS) is 21.4. The molecule has 0 bridgehead atoms. The van der Waals surface area contributed by atoms with E-state index in [0.717, 1.165) is 5.76 Å². The standard InChI is InChI=1S/C17H27N3O3/c1-6-20(7-2)17(22)15-9-13(10-19(15)5)18-16(21)14-8-11(3)23-12(14)4/h8,13,15H,6-7,9-10H2,1-5H3,(H,18,21). The number of hydrogen-bond acceptors (Lipinski definition) is 4. The number of nitrogens with zero attached hydrogens (tertiary/aromatic N) is 2. The van der Waals surface area contributed by atoms with E-state index in [1.807, 2.05) is 37.6 Å². The second kappa shape index (κ2) is 7.17. The van der Waals surface area contributed by atoms with Crippen LogP contribution in [0.15, 0.2) is 10.5 Å². The molecule has 0 aliphatic carbocycles. The number of hydrogen-bond donors (Lipinski definition) is 1. The molecule has 6 nitrogen and oxygen atoms in total. The summed E-state index contributed by atoms with van der Waals surface area (Å²) in [7, 11) is 1.94. The number of nitrogens with one attached hydrogen (secondary N) is 1. The molecule has 1 aliphatic rings. The van der Waals surface area contributed by atoms with E-state index in [0.29, 0.717) is 37.4 Å². The van der Waals surface area contributed by atoms with Gasteiger partial charge in [0.15, 0.2) is 0 Å². The molecule has 0 radical (unpaired) electrons. The molecule has 1 saturated heterocycles. The highest BCUT2D eigenvalue weighted by atomic mass is 16.3. The number of likely N-dealkylation sites (tertiary alicyclic amines) is 1. The lowest BCUT2D eigenvalue weighted by Gasteiger charge is -2.26. The maximum absolute atomic E-state index is 12.5. The van der Waals surface area contributed by atoms with Crippen molar-refractivity contribution in [3.63, 3.8) is 0 Å². The van der Waals surface area contributed by atoms with Crippen molar-refractivity contribution in [3.05, 3.63) is 23.2 Å². The third kappa shape index (κ3) is 3.75. The zero-order chi connectivity index (χ0) is 17.1. The number of furan rings is 1. The van der Waals surface area contributed by atoms with Crippen LogP contribution in [0.2, 0.25) is 0 Å². The Morgan fingerprint density at radius 1 is 1.35 bits per heavy atom. The average Bonchev–Trinajstić information content (AvgIpc) is 3.02. The third-order valence-corrected chi connectivity index (χ3v) is 4.53. The monoisotopic (exact) mass is 321 g/mol. The molecule has 2 unspecified atom stereocenters. The molecule has 23 heavy (non-hydrogen) atoms. The van der Waals surface area contributed by atoms with E-state index in [1.165, 1.54) is 0 Å². The lowest BCUT2D eigenvalue weighted by molar-refractivity contribution is -0.135. The molecule has 1 fully saturated rings. The highest BCUT2D eigenvalue weighted by Gasteiger charge is 2.37. The molecule has 2 amide bonds. The first-order chi connectivity index (χ1) is 10.9. The predicted octanol–water partition coefficient (Wildman–Crippen LogP) is 1.57. The molecule has 1 N–H and O–H groups in total. The van der Waals surface area contributed by atoms with E-state index in [9.17, 15) is 9.59 Å². The molecule has 1 aliphatic heterocycles. The first-order valence-corrected chi connectivity index (χ1v) is 8.24. The van der Waals surface area contributed by atoms with Gasteiger partial charge in [-0.25, -0.2) is 0 Å². The molecule has 6 heteroatoms. The summed E-state index contributed by atoms with van der Waals surface area (Å²) in [4.78, 5) is 28.8. The summed E-state index contributed by atoms with van der Waals surface area (Å²) >= 11 is 0. The van der Waals surface area contributed by atoms with Gasteiger partial charge in [0.2, 0.25) is 5.91 Å². The highest BCUT2D eigenvalue weighted by molar-refractivity contribution is 5.95. The van der Waals surface area contributed by atoms with Gasteiger partial charge in [0, 0.05) is 25.7 Å². The second-order valence-corrected chi connectivity index (χ2v) is 6.20. The minimum atomic E-state index is -0.160. The van der Waals surface area contributed by atoms with Gasteiger partial charge >= 0.3 is 0 Å². The van der Waals surface area contributed by atoms with Crippen molar-refractivity contribution < 1.29 is 14.0 Å².